The molecule has 1 aromatic rings. The first-order chi connectivity index (χ1) is 13.4. The van der Waals surface area contributed by atoms with E-state index >= 15 is 0 Å². The van der Waals surface area contributed by atoms with Crippen LogP contribution in [0.1, 0.15) is 73.8 Å². The van der Waals surface area contributed by atoms with Crippen molar-refractivity contribution in [3.63, 3.8) is 0 Å². The zero-order valence-electron chi connectivity index (χ0n) is 19.6. The van der Waals surface area contributed by atoms with E-state index < -0.39 is 10.8 Å². The van der Waals surface area contributed by atoms with Crippen LogP contribution in [-0.4, -0.2) is 36.5 Å². The fourth-order valence-corrected chi connectivity index (χ4v) is 2.63. The average molecular weight is 406 g/mol. The van der Waals surface area contributed by atoms with E-state index in [1.54, 1.807) is 47.6 Å². The van der Waals surface area contributed by atoms with Crippen molar-refractivity contribution in [2.75, 3.05) is 19.6 Å². The average Bonchev–Trinajstić information content (AvgIpc) is 2.60. The lowest BCUT2D eigenvalue weighted by Crippen LogP contribution is -2.28. The summed E-state index contributed by atoms with van der Waals surface area (Å²) < 4.78 is 11.2. The van der Waals surface area contributed by atoms with Gasteiger partial charge in [-0.3, -0.25) is 9.59 Å². The monoisotopic (exact) mass is 405 g/mol. The Kier molecular flexibility index (Phi) is 9.34. The van der Waals surface area contributed by atoms with Gasteiger partial charge in [0.05, 0.1) is 10.8 Å². The Balaban J connectivity index is 3.08. The molecule has 0 saturated heterocycles. The molecule has 0 atom stereocenters. The summed E-state index contributed by atoms with van der Waals surface area (Å²) in [5.74, 6) is -0.139. The molecule has 0 amide bonds. The highest BCUT2D eigenvalue weighted by atomic mass is 16.6. The number of hydrogen-bond acceptors (Lipinski definition) is 5. The summed E-state index contributed by atoms with van der Waals surface area (Å²) in [7, 11) is 0. The smallest absolute Gasteiger partial charge is 0.316 e. The van der Waals surface area contributed by atoms with Gasteiger partial charge in [0.25, 0.3) is 0 Å². The Morgan fingerprint density at radius 3 is 1.72 bits per heavy atom. The largest absolute Gasteiger partial charge is 0.422 e. The van der Waals surface area contributed by atoms with E-state index in [4.69, 9.17) is 9.47 Å². The first-order valence-electron chi connectivity index (χ1n) is 10.7. The lowest BCUT2D eigenvalue weighted by Gasteiger charge is -2.22. The van der Waals surface area contributed by atoms with Gasteiger partial charge >= 0.3 is 11.9 Å². The molecule has 0 spiro atoms. The summed E-state index contributed by atoms with van der Waals surface area (Å²) in [6.45, 7) is 18.2. The third-order valence-corrected chi connectivity index (χ3v) is 4.43. The lowest BCUT2D eigenvalue weighted by molar-refractivity contribution is -0.145. The van der Waals surface area contributed by atoms with Crippen LogP contribution in [0.4, 0.5) is 0 Å². The van der Waals surface area contributed by atoms with Crippen LogP contribution in [-0.2, 0) is 16.0 Å². The summed E-state index contributed by atoms with van der Waals surface area (Å²) in [5.41, 5.74) is -0.250. The topological polar surface area (TPSA) is 55.8 Å². The molecule has 0 aliphatic rings. The zero-order valence-corrected chi connectivity index (χ0v) is 19.6. The van der Waals surface area contributed by atoms with Gasteiger partial charge in [0.1, 0.15) is 0 Å². The highest BCUT2D eigenvalue weighted by molar-refractivity contribution is 5.81. The summed E-state index contributed by atoms with van der Waals surface area (Å²) >= 11 is 0. The van der Waals surface area contributed by atoms with E-state index in [1.165, 1.54) is 0 Å². The fourth-order valence-electron chi connectivity index (χ4n) is 2.63. The number of carbonyl (C=O) groups is 2. The molecule has 0 saturated carbocycles. The van der Waals surface area contributed by atoms with Gasteiger partial charge in [-0.1, -0.05) is 19.9 Å². The summed E-state index contributed by atoms with van der Waals surface area (Å²) in [5, 5.41) is 0. The summed E-state index contributed by atoms with van der Waals surface area (Å²) in [4.78, 5) is 27.2. The molecule has 0 heterocycles. The third-order valence-electron chi connectivity index (χ3n) is 4.43. The molecule has 0 N–H and O–H groups in total. The van der Waals surface area contributed by atoms with Gasteiger partial charge in [0.2, 0.25) is 0 Å². The quantitative estimate of drug-likeness (QED) is 0.415. The van der Waals surface area contributed by atoms with Crippen LogP contribution in [0.15, 0.2) is 18.2 Å². The Hall–Kier alpha value is -1.88. The van der Waals surface area contributed by atoms with Crippen molar-refractivity contribution < 1.29 is 19.1 Å². The van der Waals surface area contributed by atoms with E-state index in [-0.39, 0.29) is 17.7 Å². The van der Waals surface area contributed by atoms with E-state index in [1.807, 2.05) is 12.1 Å². The van der Waals surface area contributed by atoms with Gasteiger partial charge in [-0.2, -0.15) is 0 Å². The van der Waals surface area contributed by atoms with Crippen LogP contribution in [0.25, 0.3) is 0 Å². The van der Waals surface area contributed by atoms with Crippen LogP contribution < -0.4 is 9.47 Å². The molecule has 5 nitrogen and oxygen atoms in total. The first kappa shape index (κ1) is 25.2. The maximum Gasteiger partial charge on any atom is 0.316 e. The van der Waals surface area contributed by atoms with Gasteiger partial charge < -0.3 is 14.4 Å². The summed E-state index contributed by atoms with van der Waals surface area (Å²) in [6, 6.07) is 5.50. The van der Waals surface area contributed by atoms with Gasteiger partial charge in [-0.15, -0.1) is 0 Å². The van der Waals surface area contributed by atoms with E-state index in [9.17, 15) is 9.59 Å². The van der Waals surface area contributed by atoms with Crippen LogP contribution in [0.2, 0.25) is 0 Å². The van der Waals surface area contributed by atoms with Crippen LogP contribution in [0.5, 0.6) is 11.5 Å². The molecule has 0 bridgehead atoms. The number of esters is 2. The fraction of sp³-hybridized carbons (Fsp3) is 0.667. The molecule has 0 aliphatic carbocycles. The molecule has 5 heteroatoms. The number of nitrogens with zero attached hydrogens (tertiary/aromatic N) is 1. The molecule has 164 valence electrons. The van der Waals surface area contributed by atoms with Gasteiger partial charge in [-0.05, 0) is 91.6 Å². The predicted octanol–water partition coefficient (Wildman–Crippen LogP) is 5.25. The van der Waals surface area contributed by atoms with Crippen molar-refractivity contribution >= 4 is 11.9 Å². The van der Waals surface area contributed by atoms with Crippen LogP contribution in [0.3, 0.4) is 0 Å². The molecular weight excluding hydrogens is 366 g/mol. The van der Waals surface area contributed by atoms with Crippen LogP contribution >= 0.6 is 0 Å². The maximum absolute atomic E-state index is 12.4. The van der Waals surface area contributed by atoms with Crippen LogP contribution in [0, 0.1) is 10.8 Å². The van der Waals surface area contributed by atoms with Crippen molar-refractivity contribution in [2.24, 2.45) is 10.8 Å². The van der Waals surface area contributed by atoms with Gasteiger partial charge in [0, 0.05) is 6.54 Å². The van der Waals surface area contributed by atoms with Crippen molar-refractivity contribution in [1.82, 2.24) is 4.90 Å². The molecule has 0 aliphatic heterocycles. The summed E-state index contributed by atoms with van der Waals surface area (Å²) in [6.07, 6.45) is 3.08. The Morgan fingerprint density at radius 2 is 1.28 bits per heavy atom. The second kappa shape index (κ2) is 10.8. The lowest BCUT2D eigenvalue weighted by atomic mass is 9.97. The number of carbonyl (C=O) groups excluding carboxylic acids is 2. The van der Waals surface area contributed by atoms with Crippen molar-refractivity contribution in [1.29, 1.82) is 0 Å². The third kappa shape index (κ3) is 8.57. The molecular formula is C24H39NO4. The highest BCUT2D eigenvalue weighted by Gasteiger charge is 2.28. The van der Waals surface area contributed by atoms with E-state index in [2.05, 4.69) is 18.7 Å². The highest BCUT2D eigenvalue weighted by Crippen LogP contribution is 2.32. The molecule has 1 aromatic carbocycles. The molecule has 0 unspecified atom stereocenters. The number of hydrogen-bond donors (Lipinski definition) is 0. The van der Waals surface area contributed by atoms with E-state index in [0.717, 1.165) is 44.5 Å². The van der Waals surface area contributed by atoms with E-state index in [0.29, 0.717) is 5.75 Å². The van der Waals surface area contributed by atoms with Crippen molar-refractivity contribution in [3.05, 3.63) is 23.8 Å². The Morgan fingerprint density at radius 1 is 0.793 bits per heavy atom. The SMILES string of the molecule is CCCN(CCC)CCc1ccc(OC(=O)C(C)(C)C)c(OC(=O)C(C)(C)C)c1. The second-order valence-electron chi connectivity index (χ2n) is 9.65. The molecule has 0 radical (unpaired) electrons. The maximum atomic E-state index is 12.4. The standard InChI is InChI=1S/C24H39NO4/c1-9-14-25(15-10-2)16-13-18-11-12-19(28-21(26)23(3,4)5)20(17-18)29-22(27)24(6,7)8/h11-12,17H,9-10,13-16H2,1-8H3. The molecule has 1 rings (SSSR count). The molecule has 0 fully saturated rings. The van der Waals surface area contributed by atoms with Gasteiger partial charge in [0.15, 0.2) is 11.5 Å². The Labute approximate surface area is 176 Å². The number of ether oxygens (including phenoxy) is 2. The zero-order chi connectivity index (χ0) is 22.2. The molecule has 0 aromatic heterocycles. The number of benzene rings is 1. The number of rotatable bonds is 9. The molecule has 29 heavy (non-hydrogen) atoms. The minimum atomic E-state index is -0.652. The predicted molar refractivity (Wildman–Crippen MR) is 117 cm³/mol. The van der Waals surface area contributed by atoms with Gasteiger partial charge in [-0.25, -0.2) is 0 Å². The van der Waals surface area contributed by atoms with Crippen molar-refractivity contribution in [3.8, 4) is 11.5 Å². The van der Waals surface area contributed by atoms with Crippen molar-refractivity contribution in [2.45, 2.75) is 74.7 Å². The minimum Gasteiger partial charge on any atom is -0.422 e. The first-order valence-corrected chi connectivity index (χ1v) is 10.7. The Bertz CT molecular complexity index is 677. The normalized spacial score (nSPS) is 12.2. The minimum absolute atomic E-state index is 0.283. The second-order valence-corrected chi connectivity index (χ2v) is 9.65.